The normalized spacial score (nSPS) is 17.4. The zero-order valence-electron chi connectivity index (χ0n) is 19.7. The summed E-state index contributed by atoms with van der Waals surface area (Å²) in [4.78, 5) is 44.7. The lowest BCUT2D eigenvalue weighted by Crippen LogP contribution is -2.36. The molecule has 0 aliphatic carbocycles. The number of hydrogen-bond donors (Lipinski definition) is 1. The molecule has 1 aromatic heterocycles. The van der Waals surface area contributed by atoms with Crippen molar-refractivity contribution in [2.24, 2.45) is 0 Å². The van der Waals surface area contributed by atoms with Crippen LogP contribution >= 0.6 is 0 Å². The van der Waals surface area contributed by atoms with E-state index in [9.17, 15) is 14.4 Å². The van der Waals surface area contributed by atoms with Gasteiger partial charge in [0, 0.05) is 31.9 Å². The third-order valence-corrected chi connectivity index (χ3v) is 6.40. The number of nitrogens with zero attached hydrogens (tertiary/aromatic N) is 3. The Morgan fingerprint density at radius 3 is 2.80 bits per heavy atom. The third kappa shape index (κ3) is 4.56. The van der Waals surface area contributed by atoms with E-state index < -0.39 is 11.8 Å². The summed E-state index contributed by atoms with van der Waals surface area (Å²) in [5, 5.41) is 2.89. The van der Waals surface area contributed by atoms with Crippen LogP contribution in [0.2, 0.25) is 0 Å². The van der Waals surface area contributed by atoms with Gasteiger partial charge in [-0.2, -0.15) is 0 Å². The number of hydrogen-bond acceptors (Lipinski definition) is 6. The number of carbonyl (C=O) groups excluding carboxylic acids is 3. The Balaban J connectivity index is 1.35. The molecule has 1 N–H and O–H groups in total. The third-order valence-electron chi connectivity index (χ3n) is 6.40. The molecule has 2 aromatic carbocycles. The van der Waals surface area contributed by atoms with E-state index in [0.29, 0.717) is 37.9 Å². The Bertz CT molecular complexity index is 1280. The maximum Gasteiger partial charge on any atom is 0.261 e. The van der Waals surface area contributed by atoms with Crippen LogP contribution in [0.15, 0.2) is 42.5 Å². The first-order valence-corrected chi connectivity index (χ1v) is 12.0. The van der Waals surface area contributed by atoms with Crippen LogP contribution in [0.5, 0.6) is 0 Å². The average molecular weight is 477 g/mol. The molecule has 0 saturated carbocycles. The van der Waals surface area contributed by atoms with Gasteiger partial charge in [-0.05, 0) is 56.5 Å². The summed E-state index contributed by atoms with van der Waals surface area (Å²) in [7, 11) is 0. The first-order valence-electron chi connectivity index (χ1n) is 12.0. The highest BCUT2D eigenvalue weighted by molar-refractivity contribution is 6.22. The van der Waals surface area contributed by atoms with E-state index in [2.05, 4.69) is 10.3 Å². The summed E-state index contributed by atoms with van der Waals surface area (Å²) in [5.74, 6) is -0.704. The summed E-state index contributed by atoms with van der Waals surface area (Å²) < 4.78 is 13.0. The molecule has 3 heterocycles. The minimum absolute atomic E-state index is 0.129. The number of ether oxygens (including phenoxy) is 2. The van der Waals surface area contributed by atoms with Gasteiger partial charge in [-0.25, -0.2) is 4.98 Å². The summed E-state index contributed by atoms with van der Waals surface area (Å²) >= 11 is 0. The number of para-hydroxylation sites is 2. The number of nitrogens with one attached hydrogen (secondary N) is 1. The topological polar surface area (TPSA) is 103 Å². The fourth-order valence-electron chi connectivity index (χ4n) is 4.63. The van der Waals surface area contributed by atoms with Crippen molar-refractivity contribution in [3.8, 4) is 0 Å². The van der Waals surface area contributed by atoms with Crippen molar-refractivity contribution in [1.82, 2.24) is 14.5 Å². The quantitative estimate of drug-likeness (QED) is 0.375. The van der Waals surface area contributed by atoms with Gasteiger partial charge >= 0.3 is 0 Å². The molecule has 1 atom stereocenters. The number of aromatic nitrogens is 2. The number of rotatable bonds is 9. The van der Waals surface area contributed by atoms with E-state index in [4.69, 9.17) is 9.47 Å². The Morgan fingerprint density at radius 1 is 1.17 bits per heavy atom. The van der Waals surface area contributed by atoms with Crippen LogP contribution in [-0.2, 0) is 16.0 Å². The molecule has 182 valence electrons. The molecule has 1 unspecified atom stereocenters. The van der Waals surface area contributed by atoms with Crippen molar-refractivity contribution in [2.45, 2.75) is 38.8 Å². The molecule has 0 spiro atoms. The van der Waals surface area contributed by atoms with Crippen LogP contribution in [-0.4, -0.2) is 64.6 Å². The fourth-order valence-corrected chi connectivity index (χ4v) is 4.63. The van der Waals surface area contributed by atoms with Crippen molar-refractivity contribution in [3.05, 3.63) is 59.2 Å². The van der Waals surface area contributed by atoms with Crippen LogP contribution in [0.4, 0.5) is 5.95 Å². The van der Waals surface area contributed by atoms with Crippen molar-refractivity contribution < 1.29 is 23.9 Å². The molecule has 1 saturated heterocycles. The zero-order valence-corrected chi connectivity index (χ0v) is 19.7. The van der Waals surface area contributed by atoms with Crippen LogP contribution in [0.3, 0.4) is 0 Å². The minimum Gasteiger partial charge on any atom is -0.382 e. The molecule has 35 heavy (non-hydrogen) atoms. The molecule has 1 fully saturated rings. The van der Waals surface area contributed by atoms with Crippen LogP contribution in [0.25, 0.3) is 11.0 Å². The number of imidazole rings is 1. The van der Waals surface area contributed by atoms with E-state index in [-0.39, 0.29) is 29.7 Å². The Morgan fingerprint density at radius 2 is 2.00 bits per heavy atom. The standard InChI is InChI=1S/C26H28N4O5/c1-2-34-13-6-12-29-22-9-4-3-8-21(22)27-26(29)28-23(31)17-10-11-19-20(15-17)25(33)30(24(19)32)16-18-7-5-14-35-18/h3-4,8-11,15,18H,2,5-7,12-14,16H2,1H3,(H,27,28,31). The lowest BCUT2D eigenvalue weighted by Gasteiger charge is -2.17. The lowest BCUT2D eigenvalue weighted by atomic mass is 10.1. The lowest BCUT2D eigenvalue weighted by molar-refractivity contribution is 0.0475. The molecule has 9 heteroatoms. The van der Waals surface area contributed by atoms with Gasteiger partial charge in [-0.1, -0.05) is 12.1 Å². The van der Waals surface area contributed by atoms with Crippen LogP contribution < -0.4 is 5.32 Å². The Labute approximate surface area is 203 Å². The van der Waals surface area contributed by atoms with Gasteiger partial charge in [-0.3, -0.25) is 24.6 Å². The molecule has 0 bridgehead atoms. The number of anilines is 1. The summed E-state index contributed by atoms with van der Waals surface area (Å²) in [6, 6.07) is 12.3. The van der Waals surface area contributed by atoms with Crippen molar-refractivity contribution in [3.63, 3.8) is 0 Å². The molecule has 2 aliphatic heterocycles. The number of amides is 3. The van der Waals surface area contributed by atoms with Gasteiger partial charge < -0.3 is 14.0 Å². The van der Waals surface area contributed by atoms with Crippen molar-refractivity contribution in [2.75, 3.05) is 31.7 Å². The molecular formula is C26H28N4O5. The van der Waals surface area contributed by atoms with Crippen molar-refractivity contribution in [1.29, 1.82) is 0 Å². The van der Waals surface area contributed by atoms with E-state index in [0.717, 1.165) is 30.3 Å². The van der Waals surface area contributed by atoms with Crippen molar-refractivity contribution >= 4 is 34.7 Å². The zero-order chi connectivity index (χ0) is 24.4. The Hall–Kier alpha value is -3.56. The number of aryl methyl sites for hydroxylation is 1. The average Bonchev–Trinajstić information content (AvgIpc) is 3.56. The molecule has 9 nitrogen and oxygen atoms in total. The summed E-state index contributed by atoms with van der Waals surface area (Å²) in [5.41, 5.74) is 2.54. The molecule has 2 aliphatic rings. The predicted octanol–water partition coefficient (Wildman–Crippen LogP) is 3.49. The smallest absolute Gasteiger partial charge is 0.261 e. The highest BCUT2D eigenvalue weighted by Gasteiger charge is 2.38. The molecule has 5 rings (SSSR count). The van der Waals surface area contributed by atoms with E-state index >= 15 is 0 Å². The van der Waals surface area contributed by atoms with E-state index in [1.54, 1.807) is 12.1 Å². The maximum absolute atomic E-state index is 13.1. The first kappa shape index (κ1) is 23.2. The van der Waals surface area contributed by atoms with Gasteiger partial charge in [0.05, 0.1) is 34.8 Å². The fraction of sp³-hybridized carbons (Fsp3) is 0.385. The molecule has 3 aromatic rings. The highest BCUT2D eigenvalue weighted by Crippen LogP contribution is 2.27. The monoisotopic (exact) mass is 476 g/mol. The van der Waals surface area contributed by atoms with Gasteiger partial charge in [-0.15, -0.1) is 0 Å². The van der Waals surface area contributed by atoms with Gasteiger partial charge in [0.25, 0.3) is 17.7 Å². The number of carbonyl (C=O) groups is 3. The Kier molecular flexibility index (Phi) is 6.61. The van der Waals surface area contributed by atoms with Gasteiger partial charge in [0.2, 0.25) is 5.95 Å². The maximum atomic E-state index is 13.1. The summed E-state index contributed by atoms with van der Waals surface area (Å²) in [6.07, 6.45) is 2.39. The largest absolute Gasteiger partial charge is 0.382 e. The second kappa shape index (κ2) is 9.97. The first-order chi connectivity index (χ1) is 17.1. The van der Waals surface area contributed by atoms with Crippen LogP contribution in [0.1, 0.15) is 57.3 Å². The van der Waals surface area contributed by atoms with Gasteiger partial charge in [0.15, 0.2) is 0 Å². The van der Waals surface area contributed by atoms with E-state index in [1.807, 2.05) is 35.8 Å². The number of imide groups is 1. The SMILES string of the molecule is CCOCCCn1c(NC(=O)c2ccc3c(c2)C(=O)N(CC2CCCO2)C3=O)nc2ccccc21. The molecular weight excluding hydrogens is 448 g/mol. The van der Waals surface area contributed by atoms with E-state index in [1.165, 1.54) is 11.0 Å². The molecule has 3 amide bonds. The second-order valence-corrected chi connectivity index (χ2v) is 8.70. The number of benzene rings is 2. The molecule has 0 radical (unpaired) electrons. The van der Waals surface area contributed by atoms with Gasteiger partial charge in [0.1, 0.15) is 0 Å². The van der Waals surface area contributed by atoms with Crippen LogP contribution in [0, 0.1) is 0 Å². The number of fused-ring (bicyclic) bond motifs is 2. The minimum atomic E-state index is -0.396. The highest BCUT2D eigenvalue weighted by atomic mass is 16.5. The second-order valence-electron chi connectivity index (χ2n) is 8.70. The predicted molar refractivity (Wildman–Crippen MR) is 130 cm³/mol. The summed E-state index contributed by atoms with van der Waals surface area (Å²) in [6.45, 7) is 4.73.